The Bertz CT molecular complexity index is 379. The SMILES string of the molecule is C[C@@]1(N)c2ccc(F)cc2OC[C@@H]1CO. The van der Waals surface area contributed by atoms with E-state index in [0.717, 1.165) is 5.56 Å². The minimum Gasteiger partial charge on any atom is -0.493 e. The number of aliphatic hydroxyl groups is 1. The molecule has 15 heavy (non-hydrogen) atoms. The second-order valence-electron chi connectivity index (χ2n) is 4.11. The molecule has 0 bridgehead atoms. The number of fused-ring (bicyclic) bond motifs is 1. The normalized spacial score (nSPS) is 29.5. The third-order valence-corrected chi connectivity index (χ3v) is 3.03. The van der Waals surface area contributed by atoms with E-state index in [1.807, 2.05) is 6.92 Å². The highest BCUT2D eigenvalue weighted by Gasteiger charge is 2.38. The minimum atomic E-state index is -0.671. The zero-order chi connectivity index (χ0) is 11.1. The second kappa shape index (κ2) is 3.47. The summed E-state index contributed by atoms with van der Waals surface area (Å²) in [5, 5.41) is 9.17. The fraction of sp³-hybridized carbons (Fsp3) is 0.455. The van der Waals surface area contributed by atoms with E-state index in [1.165, 1.54) is 12.1 Å². The van der Waals surface area contributed by atoms with Gasteiger partial charge in [0.25, 0.3) is 0 Å². The molecule has 1 aromatic carbocycles. The maximum atomic E-state index is 13.0. The largest absolute Gasteiger partial charge is 0.493 e. The molecule has 4 heteroatoms. The van der Waals surface area contributed by atoms with Crippen LogP contribution in [0.5, 0.6) is 5.75 Å². The van der Waals surface area contributed by atoms with Crippen molar-refractivity contribution in [1.82, 2.24) is 0 Å². The number of benzene rings is 1. The van der Waals surface area contributed by atoms with E-state index in [-0.39, 0.29) is 18.3 Å². The van der Waals surface area contributed by atoms with Gasteiger partial charge in [-0.15, -0.1) is 0 Å². The summed E-state index contributed by atoms with van der Waals surface area (Å²) < 4.78 is 18.3. The van der Waals surface area contributed by atoms with Gasteiger partial charge in [-0.25, -0.2) is 4.39 Å². The fourth-order valence-corrected chi connectivity index (χ4v) is 1.89. The molecular weight excluding hydrogens is 197 g/mol. The molecule has 0 aliphatic carbocycles. The predicted molar refractivity (Wildman–Crippen MR) is 54.0 cm³/mol. The molecular formula is C11H14FNO2. The Morgan fingerprint density at radius 2 is 2.40 bits per heavy atom. The van der Waals surface area contributed by atoms with Crippen molar-refractivity contribution >= 4 is 0 Å². The van der Waals surface area contributed by atoms with Crippen molar-refractivity contribution < 1.29 is 14.2 Å². The van der Waals surface area contributed by atoms with Gasteiger partial charge in [0.2, 0.25) is 0 Å². The molecule has 0 fully saturated rings. The average molecular weight is 211 g/mol. The highest BCUT2D eigenvalue weighted by molar-refractivity contribution is 5.41. The van der Waals surface area contributed by atoms with Crippen molar-refractivity contribution in [2.45, 2.75) is 12.5 Å². The van der Waals surface area contributed by atoms with Crippen LogP contribution in [0.1, 0.15) is 12.5 Å². The lowest BCUT2D eigenvalue weighted by Gasteiger charge is -2.38. The van der Waals surface area contributed by atoms with Gasteiger partial charge in [0, 0.05) is 17.5 Å². The summed E-state index contributed by atoms with van der Waals surface area (Å²) in [6, 6.07) is 4.30. The number of nitrogens with two attached hydrogens (primary N) is 1. The van der Waals surface area contributed by atoms with Crippen molar-refractivity contribution in [3.8, 4) is 5.75 Å². The van der Waals surface area contributed by atoms with E-state index < -0.39 is 5.54 Å². The fourth-order valence-electron chi connectivity index (χ4n) is 1.89. The van der Waals surface area contributed by atoms with Crippen LogP contribution in [-0.2, 0) is 5.54 Å². The number of rotatable bonds is 1. The maximum Gasteiger partial charge on any atom is 0.127 e. The monoisotopic (exact) mass is 211 g/mol. The van der Waals surface area contributed by atoms with Crippen LogP contribution in [-0.4, -0.2) is 18.3 Å². The van der Waals surface area contributed by atoms with E-state index in [0.29, 0.717) is 12.4 Å². The first kappa shape index (κ1) is 10.4. The van der Waals surface area contributed by atoms with Gasteiger partial charge >= 0.3 is 0 Å². The van der Waals surface area contributed by atoms with Crippen molar-refractivity contribution in [2.24, 2.45) is 11.7 Å². The number of hydrogen-bond acceptors (Lipinski definition) is 3. The summed E-state index contributed by atoms with van der Waals surface area (Å²) in [7, 11) is 0. The Morgan fingerprint density at radius 1 is 1.67 bits per heavy atom. The number of ether oxygens (including phenoxy) is 1. The molecule has 1 heterocycles. The van der Waals surface area contributed by atoms with Gasteiger partial charge in [-0.2, -0.15) is 0 Å². The van der Waals surface area contributed by atoms with E-state index >= 15 is 0 Å². The Balaban J connectivity index is 2.47. The lowest BCUT2D eigenvalue weighted by atomic mass is 9.79. The number of hydrogen-bond donors (Lipinski definition) is 2. The third kappa shape index (κ3) is 1.60. The lowest BCUT2D eigenvalue weighted by Crippen LogP contribution is -2.48. The molecule has 2 rings (SSSR count). The molecule has 0 spiro atoms. The second-order valence-corrected chi connectivity index (χ2v) is 4.11. The topological polar surface area (TPSA) is 55.5 Å². The lowest BCUT2D eigenvalue weighted by molar-refractivity contribution is 0.0831. The summed E-state index contributed by atoms with van der Waals surface area (Å²) in [6.07, 6.45) is 0. The molecule has 0 saturated carbocycles. The van der Waals surface area contributed by atoms with Gasteiger partial charge in [-0.3, -0.25) is 0 Å². The Labute approximate surface area is 87.7 Å². The molecule has 82 valence electrons. The summed E-state index contributed by atoms with van der Waals surface area (Å²) in [5.41, 5.74) is 6.21. The summed E-state index contributed by atoms with van der Waals surface area (Å²) in [5.74, 6) is -0.0211. The van der Waals surface area contributed by atoms with Crippen molar-refractivity contribution in [1.29, 1.82) is 0 Å². The Morgan fingerprint density at radius 3 is 3.07 bits per heavy atom. The van der Waals surface area contributed by atoms with Crippen LogP contribution in [0.15, 0.2) is 18.2 Å². The predicted octanol–water partition coefficient (Wildman–Crippen LogP) is 1.00. The Kier molecular flexibility index (Phi) is 2.40. The third-order valence-electron chi connectivity index (χ3n) is 3.03. The smallest absolute Gasteiger partial charge is 0.127 e. The Hall–Kier alpha value is -1.13. The summed E-state index contributed by atoms with van der Waals surface area (Å²) in [4.78, 5) is 0. The van der Waals surface area contributed by atoms with Gasteiger partial charge in [0.05, 0.1) is 18.8 Å². The maximum absolute atomic E-state index is 13.0. The molecule has 2 atom stereocenters. The van der Waals surface area contributed by atoms with E-state index in [9.17, 15) is 9.50 Å². The minimum absolute atomic E-state index is 0.0379. The van der Waals surface area contributed by atoms with Crippen molar-refractivity contribution in [3.05, 3.63) is 29.6 Å². The molecule has 0 saturated heterocycles. The van der Waals surface area contributed by atoms with Crippen molar-refractivity contribution in [3.63, 3.8) is 0 Å². The van der Waals surface area contributed by atoms with Crippen LogP contribution in [0.4, 0.5) is 4.39 Å². The van der Waals surface area contributed by atoms with Crippen LogP contribution < -0.4 is 10.5 Å². The van der Waals surface area contributed by atoms with Crippen LogP contribution in [0.25, 0.3) is 0 Å². The van der Waals surface area contributed by atoms with Gasteiger partial charge in [-0.05, 0) is 13.0 Å². The molecule has 3 N–H and O–H groups in total. The van der Waals surface area contributed by atoms with Crippen LogP contribution >= 0.6 is 0 Å². The van der Waals surface area contributed by atoms with Crippen LogP contribution in [0.2, 0.25) is 0 Å². The quantitative estimate of drug-likeness (QED) is 0.728. The van der Waals surface area contributed by atoms with E-state index in [2.05, 4.69) is 0 Å². The van der Waals surface area contributed by atoms with Crippen LogP contribution in [0.3, 0.4) is 0 Å². The van der Waals surface area contributed by atoms with Gasteiger partial charge in [0.1, 0.15) is 11.6 Å². The standard InChI is InChI=1S/C11H14FNO2/c1-11(13)7(5-14)6-15-10-4-8(12)2-3-9(10)11/h2-4,7,14H,5-6,13H2,1H3/t7-,11-/m0/s1. The first-order chi connectivity index (χ1) is 7.05. The summed E-state index contributed by atoms with van der Waals surface area (Å²) >= 11 is 0. The highest BCUT2D eigenvalue weighted by atomic mass is 19.1. The molecule has 0 radical (unpaired) electrons. The molecule has 1 aliphatic heterocycles. The molecule has 1 aromatic rings. The van der Waals surface area contributed by atoms with Gasteiger partial charge in [-0.1, -0.05) is 6.07 Å². The summed E-state index contributed by atoms with van der Waals surface area (Å²) in [6.45, 7) is 2.11. The molecule has 1 aliphatic rings. The number of halogens is 1. The average Bonchev–Trinajstić information content (AvgIpc) is 2.17. The number of aliphatic hydroxyl groups excluding tert-OH is 1. The molecule has 3 nitrogen and oxygen atoms in total. The zero-order valence-corrected chi connectivity index (χ0v) is 8.53. The highest BCUT2D eigenvalue weighted by Crippen LogP contribution is 2.38. The first-order valence-electron chi connectivity index (χ1n) is 4.88. The molecule has 0 aromatic heterocycles. The van der Waals surface area contributed by atoms with Crippen LogP contribution in [0, 0.1) is 11.7 Å². The molecule has 0 unspecified atom stereocenters. The van der Waals surface area contributed by atoms with Gasteiger partial charge in [0.15, 0.2) is 0 Å². The van der Waals surface area contributed by atoms with E-state index in [4.69, 9.17) is 10.5 Å². The van der Waals surface area contributed by atoms with Crippen molar-refractivity contribution in [2.75, 3.05) is 13.2 Å². The first-order valence-corrected chi connectivity index (χ1v) is 4.88. The van der Waals surface area contributed by atoms with Gasteiger partial charge < -0.3 is 15.6 Å². The zero-order valence-electron chi connectivity index (χ0n) is 8.53. The molecule has 0 amide bonds. The van der Waals surface area contributed by atoms with E-state index in [1.54, 1.807) is 6.07 Å².